The molecule has 1 amide bonds. The average Bonchev–Trinajstić information content (AvgIpc) is 3.72. The van der Waals surface area contributed by atoms with Crippen molar-refractivity contribution in [2.45, 2.75) is 12.5 Å². The Morgan fingerprint density at radius 1 is 1.05 bits per heavy atom. The van der Waals surface area contributed by atoms with Crippen LogP contribution in [-0.4, -0.2) is 50.1 Å². The molecule has 1 aliphatic heterocycles. The molecule has 10 nitrogen and oxygen atoms in total. The summed E-state index contributed by atoms with van der Waals surface area (Å²) in [5.74, 6) is 1.34. The Morgan fingerprint density at radius 3 is 2.65 bits per heavy atom. The number of furan rings is 1. The van der Waals surface area contributed by atoms with Crippen LogP contribution in [0.25, 0.3) is 16.7 Å². The molecule has 1 atom stereocenters. The lowest BCUT2D eigenvalue weighted by molar-refractivity contribution is -0.135. The first-order valence-electron chi connectivity index (χ1n) is 11.7. The summed E-state index contributed by atoms with van der Waals surface area (Å²) in [6.07, 6.45) is 5.11. The molecule has 0 saturated heterocycles. The summed E-state index contributed by atoms with van der Waals surface area (Å²) >= 11 is 0. The van der Waals surface area contributed by atoms with E-state index in [2.05, 4.69) is 20.2 Å². The highest BCUT2D eigenvalue weighted by Gasteiger charge is 2.35. The zero-order chi connectivity index (χ0) is 25.2. The Balaban J connectivity index is 1.24. The molecular weight excluding hydrogens is 472 g/mol. The Labute approximate surface area is 211 Å². The van der Waals surface area contributed by atoms with Crippen LogP contribution in [0.2, 0.25) is 0 Å². The fourth-order valence-electron chi connectivity index (χ4n) is 4.29. The van der Waals surface area contributed by atoms with Crippen LogP contribution in [0.3, 0.4) is 0 Å². The van der Waals surface area contributed by atoms with Gasteiger partial charge in [-0.3, -0.25) is 4.79 Å². The van der Waals surface area contributed by atoms with Crippen molar-refractivity contribution < 1.29 is 18.7 Å². The first kappa shape index (κ1) is 22.5. The Kier molecular flexibility index (Phi) is 5.81. The van der Waals surface area contributed by atoms with E-state index in [0.717, 1.165) is 22.7 Å². The summed E-state index contributed by atoms with van der Waals surface area (Å²) in [5, 5.41) is 11.1. The van der Waals surface area contributed by atoms with E-state index in [1.54, 1.807) is 30.3 Å². The van der Waals surface area contributed by atoms with Crippen molar-refractivity contribution in [2.24, 2.45) is 5.10 Å². The molecule has 10 heteroatoms. The largest absolute Gasteiger partial charge is 0.497 e. The summed E-state index contributed by atoms with van der Waals surface area (Å²) in [6, 6.07) is 20.5. The van der Waals surface area contributed by atoms with Crippen molar-refractivity contribution >= 4 is 22.7 Å². The number of para-hydroxylation sites is 1. The van der Waals surface area contributed by atoms with Crippen molar-refractivity contribution in [3.63, 3.8) is 0 Å². The predicted octanol–water partition coefficient (Wildman–Crippen LogP) is 4.17. The topological polar surface area (TPSA) is 108 Å². The minimum atomic E-state index is -0.380. The van der Waals surface area contributed by atoms with Crippen molar-refractivity contribution in [3.05, 3.63) is 96.8 Å². The summed E-state index contributed by atoms with van der Waals surface area (Å²) in [6.45, 7) is -0.265. The van der Waals surface area contributed by atoms with Gasteiger partial charge in [0, 0.05) is 6.42 Å². The highest BCUT2D eigenvalue weighted by molar-refractivity contribution is 6.03. The van der Waals surface area contributed by atoms with Crippen LogP contribution in [0, 0.1) is 0 Å². The number of carbonyl (C=O) groups excluding carboxylic acids is 1. The standard InChI is InChI=1S/C27H22N6O4/c1-35-20-11-9-18(10-12-20)22-14-23(24-8-5-13-36-24)33(31-22)25(34)16-37-27-21-15-30-32(26(21)28-17-29-27)19-6-3-2-4-7-19/h2-13,15,17,23H,14,16H2,1H3. The number of aromatic nitrogens is 4. The SMILES string of the molecule is COc1ccc(C2=NN(C(=O)COc3ncnc4c3cnn4-c3ccccc3)C(c3ccco3)C2)cc1. The van der Waals surface area contributed by atoms with Crippen molar-refractivity contribution in [2.75, 3.05) is 13.7 Å². The lowest BCUT2D eigenvalue weighted by Crippen LogP contribution is -2.31. The van der Waals surface area contributed by atoms with Crippen molar-refractivity contribution in [1.29, 1.82) is 0 Å². The highest BCUT2D eigenvalue weighted by atomic mass is 16.5. The maximum atomic E-state index is 13.3. The zero-order valence-corrected chi connectivity index (χ0v) is 19.9. The molecule has 0 N–H and O–H groups in total. The summed E-state index contributed by atoms with van der Waals surface area (Å²) < 4.78 is 18.4. The van der Waals surface area contributed by atoms with Crippen LogP contribution in [-0.2, 0) is 4.79 Å². The summed E-state index contributed by atoms with van der Waals surface area (Å²) in [4.78, 5) is 21.9. The fourth-order valence-corrected chi connectivity index (χ4v) is 4.29. The van der Waals surface area contributed by atoms with Gasteiger partial charge in [-0.25, -0.2) is 19.7 Å². The molecule has 5 aromatic rings. The molecule has 0 radical (unpaired) electrons. The first-order chi connectivity index (χ1) is 18.2. The van der Waals surface area contributed by atoms with E-state index in [1.807, 2.05) is 60.7 Å². The minimum absolute atomic E-state index is 0.265. The first-order valence-corrected chi connectivity index (χ1v) is 11.7. The van der Waals surface area contributed by atoms with E-state index < -0.39 is 0 Å². The van der Waals surface area contributed by atoms with Gasteiger partial charge in [0.1, 0.15) is 29.3 Å². The number of nitrogens with zero attached hydrogens (tertiary/aromatic N) is 6. The molecule has 1 unspecified atom stereocenters. The minimum Gasteiger partial charge on any atom is -0.497 e. The Bertz CT molecular complexity index is 1560. The molecule has 0 saturated carbocycles. The molecule has 4 heterocycles. The van der Waals surface area contributed by atoms with Crippen molar-refractivity contribution in [1.82, 2.24) is 24.8 Å². The number of hydrogen-bond acceptors (Lipinski definition) is 8. The van der Waals surface area contributed by atoms with Gasteiger partial charge in [0.15, 0.2) is 12.3 Å². The average molecular weight is 495 g/mol. The Morgan fingerprint density at radius 2 is 1.89 bits per heavy atom. The van der Waals surface area contributed by atoms with Crippen LogP contribution >= 0.6 is 0 Å². The number of amides is 1. The summed E-state index contributed by atoms with van der Waals surface area (Å²) in [7, 11) is 1.62. The molecule has 37 heavy (non-hydrogen) atoms. The number of hydrazone groups is 1. The predicted molar refractivity (Wildman–Crippen MR) is 135 cm³/mol. The van der Waals surface area contributed by atoms with Crippen LogP contribution in [0.4, 0.5) is 0 Å². The van der Waals surface area contributed by atoms with Gasteiger partial charge in [0.2, 0.25) is 5.88 Å². The lowest BCUT2D eigenvalue weighted by Gasteiger charge is -2.19. The van der Waals surface area contributed by atoms with Gasteiger partial charge in [-0.1, -0.05) is 18.2 Å². The number of methoxy groups -OCH3 is 1. The molecule has 1 aliphatic rings. The third kappa shape index (κ3) is 4.29. The quantitative estimate of drug-likeness (QED) is 0.334. The number of hydrogen-bond donors (Lipinski definition) is 0. The molecule has 0 fully saturated rings. The van der Waals surface area contributed by atoms with Crippen LogP contribution < -0.4 is 9.47 Å². The second-order valence-corrected chi connectivity index (χ2v) is 8.35. The number of fused-ring (bicyclic) bond motifs is 1. The summed E-state index contributed by atoms with van der Waals surface area (Å²) in [5.41, 5.74) is 3.11. The second-order valence-electron chi connectivity index (χ2n) is 8.35. The van der Waals surface area contributed by atoms with Crippen LogP contribution in [0.15, 0.2) is 95.0 Å². The fraction of sp³-hybridized carbons (Fsp3) is 0.148. The van der Waals surface area contributed by atoms with E-state index in [4.69, 9.17) is 13.9 Å². The van der Waals surface area contributed by atoms with E-state index in [-0.39, 0.29) is 24.4 Å². The van der Waals surface area contributed by atoms with Gasteiger partial charge < -0.3 is 13.9 Å². The van der Waals surface area contributed by atoms with Crippen LogP contribution in [0.5, 0.6) is 11.6 Å². The molecule has 0 aliphatic carbocycles. The molecule has 0 bridgehead atoms. The molecule has 0 spiro atoms. The maximum Gasteiger partial charge on any atom is 0.281 e. The van der Waals surface area contributed by atoms with Crippen molar-refractivity contribution in [3.8, 4) is 17.3 Å². The van der Waals surface area contributed by atoms with Gasteiger partial charge >= 0.3 is 0 Å². The van der Waals surface area contributed by atoms with E-state index >= 15 is 0 Å². The van der Waals surface area contributed by atoms with Crippen LogP contribution in [0.1, 0.15) is 23.8 Å². The molecule has 3 aromatic heterocycles. The number of rotatable bonds is 7. The van der Waals surface area contributed by atoms with E-state index in [9.17, 15) is 4.79 Å². The smallest absolute Gasteiger partial charge is 0.281 e. The third-order valence-corrected chi connectivity index (χ3v) is 6.12. The molecule has 2 aromatic carbocycles. The number of benzene rings is 2. The van der Waals surface area contributed by atoms with Gasteiger partial charge in [0.25, 0.3) is 5.91 Å². The maximum absolute atomic E-state index is 13.3. The number of ether oxygens (including phenoxy) is 2. The second kappa shape index (κ2) is 9.57. The molecular formula is C27H22N6O4. The van der Waals surface area contributed by atoms with Gasteiger partial charge in [0.05, 0.1) is 31.0 Å². The van der Waals surface area contributed by atoms with Gasteiger partial charge in [-0.05, 0) is 54.1 Å². The Hall–Kier alpha value is -4.99. The molecule has 6 rings (SSSR count). The highest BCUT2D eigenvalue weighted by Crippen LogP contribution is 2.33. The number of carbonyl (C=O) groups is 1. The van der Waals surface area contributed by atoms with Gasteiger partial charge in [-0.2, -0.15) is 10.2 Å². The molecule has 184 valence electrons. The normalized spacial score (nSPS) is 15.1. The zero-order valence-electron chi connectivity index (χ0n) is 19.9. The van der Waals surface area contributed by atoms with E-state index in [1.165, 1.54) is 11.3 Å². The van der Waals surface area contributed by atoms with Gasteiger partial charge in [-0.15, -0.1) is 0 Å². The lowest BCUT2D eigenvalue weighted by atomic mass is 10.0. The monoisotopic (exact) mass is 494 g/mol. The van der Waals surface area contributed by atoms with E-state index in [0.29, 0.717) is 23.2 Å². The third-order valence-electron chi connectivity index (χ3n) is 6.12.